The number of hydrogen-bond donors (Lipinski definition) is 0. The smallest absolute Gasteiger partial charge is 2.00 e. The fourth-order valence-corrected chi connectivity index (χ4v) is 18.0. The predicted molar refractivity (Wildman–Crippen MR) is 544 cm³/mol. The molecule has 132 heavy (non-hydrogen) atoms. The third-order valence-electron chi connectivity index (χ3n) is 24.1. The first-order valence-electron chi connectivity index (χ1n) is 43.6. The zero-order chi connectivity index (χ0) is 90.0. The van der Waals surface area contributed by atoms with Crippen LogP contribution in [0.4, 0.5) is 34.1 Å². The van der Waals surface area contributed by atoms with Crippen LogP contribution in [0.2, 0.25) is 0 Å². The molecule has 0 amide bonds. The number of benzene rings is 15. The quantitative estimate of drug-likeness (QED) is 0.0890. The molecule has 9 nitrogen and oxygen atoms in total. The van der Waals surface area contributed by atoms with Crippen molar-refractivity contribution in [3.8, 4) is 107 Å². The first kappa shape index (κ1) is 89.5. The van der Waals surface area contributed by atoms with Crippen molar-refractivity contribution in [2.45, 2.75) is 55.4 Å². The van der Waals surface area contributed by atoms with E-state index in [0.717, 1.165) is 146 Å². The van der Waals surface area contributed by atoms with E-state index >= 15 is 0 Å². The van der Waals surface area contributed by atoms with Gasteiger partial charge in [0.1, 0.15) is 0 Å². The van der Waals surface area contributed by atoms with Crippen LogP contribution in [0.3, 0.4) is 0 Å². The van der Waals surface area contributed by atoms with Gasteiger partial charge in [0, 0.05) is 85.9 Å². The van der Waals surface area contributed by atoms with E-state index in [0.29, 0.717) is 5.56 Å². The van der Waals surface area contributed by atoms with Crippen LogP contribution in [-0.2, 0) is 37.5 Å². The Bertz CT molecular complexity index is 6940. The Morgan fingerprint density at radius 3 is 0.856 bits per heavy atom. The van der Waals surface area contributed by atoms with E-state index in [9.17, 15) is 0 Å². The fourth-order valence-electron chi connectivity index (χ4n) is 18.0. The molecule has 0 atom stereocenters. The molecule has 0 bridgehead atoms. The number of fused-ring (bicyclic) bond motifs is 6. The Balaban J connectivity index is 0.000000164. The standard InChI is InChI=1S/C56H44N4.C56H42N4.C7H5N.2ClH.2Pt/c2*1-37-29-47(60-54-27-13-11-25-48(54)49-26-12-14-28-55(49)60)30-38(2)56(37)59(45-23-15-21-43(31-45)52-33-50(39(3)35-57-52)41-17-7-5-8-18-41)46-24-16-22-44(32-46)53-34-51(40(4)36-58-53)42-19-9-6-10-20-42;8-6-7-4-2-1-3-5-7;;;;/h5-36H,1-4H3;5-30,33-36H,1-4H3;1-5H;2*1H;;/q;-2;;;;2*+2/p-2. The molecule has 6 aromatic heterocycles. The van der Waals surface area contributed by atoms with Crippen molar-refractivity contribution in [3.05, 3.63) is 469 Å². The number of anilines is 6. The second-order valence-electron chi connectivity index (χ2n) is 32.8. The SMILES string of the molecule is Cc1cnc(-c2[c-]c(N(c3[c-]c(-c4cc(-c5ccccc5)c(C)cn4)ccc3)c3c(C)cc(-n4c5ccccc5c5ccccc54)cc3C)ccc2)cc1-c1ccccc1.Cc1cnc(-c2cccc(N(c3cccc(-c4cc(-c5ccccc5)c(C)cn4)c3)c3c(C)cc(-n4c5ccccc5c5ccccc54)cc3C)c2)cc1-c1ccccc1.N#Cc1ccccc1.[Cl][Pt][Cl].[Pt+2]. The van der Waals surface area contributed by atoms with Gasteiger partial charge < -0.3 is 28.9 Å². The topological polar surface area (TPSA) is 91.7 Å². The molecular weight excluding hydrogens is 2020 g/mol. The molecule has 13 heteroatoms. The predicted octanol–water partition coefficient (Wildman–Crippen LogP) is 32.4. The number of pyridine rings is 4. The van der Waals surface area contributed by atoms with Crippen LogP contribution in [0.1, 0.15) is 50.1 Å². The number of nitrogens with zero attached hydrogens (tertiary/aromatic N) is 9. The Labute approximate surface area is 803 Å². The van der Waals surface area contributed by atoms with Crippen LogP contribution >= 0.6 is 18.8 Å². The first-order valence-corrected chi connectivity index (χ1v) is 49.2. The number of aryl methyl sites for hydroxylation is 8. The zero-order valence-corrected chi connectivity index (χ0v) is 80.2. The molecule has 0 saturated carbocycles. The average Bonchev–Trinajstić information content (AvgIpc) is 1.69. The number of para-hydroxylation sites is 4. The van der Waals surface area contributed by atoms with Crippen molar-refractivity contribution in [1.82, 2.24) is 29.1 Å². The minimum absolute atomic E-state index is 0. The molecule has 0 spiro atoms. The summed E-state index contributed by atoms with van der Waals surface area (Å²) in [6.45, 7) is 17.4. The largest absolute Gasteiger partial charge is 2.00 e. The van der Waals surface area contributed by atoms with Gasteiger partial charge in [0.2, 0.25) is 0 Å². The van der Waals surface area contributed by atoms with Crippen molar-refractivity contribution in [2.24, 2.45) is 0 Å². The molecule has 0 radical (unpaired) electrons. The zero-order valence-electron chi connectivity index (χ0n) is 74.1. The van der Waals surface area contributed by atoms with Crippen molar-refractivity contribution in [3.63, 3.8) is 0 Å². The Morgan fingerprint density at radius 2 is 0.545 bits per heavy atom. The Kier molecular flexibility index (Phi) is 27.6. The third kappa shape index (κ3) is 18.9. The van der Waals surface area contributed by atoms with Crippen LogP contribution in [0.15, 0.2) is 407 Å². The van der Waals surface area contributed by atoms with Gasteiger partial charge >= 0.3 is 56.4 Å². The molecule has 646 valence electrons. The van der Waals surface area contributed by atoms with E-state index in [1.165, 1.54) is 77.0 Å². The second-order valence-corrected chi connectivity index (χ2v) is 36.1. The fraction of sp³-hybridized carbons (Fsp3) is 0.0672. The maximum Gasteiger partial charge on any atom is 2.00 e. The molecular formula is C119H91Cl2N9Pt2. The van der Waals surface area contributed by atoms with Crippen molar-refractivity contribution in [1.29, 1.82) is 5.26 Å². The summed E-state index contributed by atoms with van der Waals surface area (Å²) in [6, 6.07) is 144. The van der Waals surface area contributed by atoms with Crippen LogP contribution in [0, 0.1) is 78.9 Å². The van der Waals surface area contributed by atoms with E-state index in [1.54, 1.807) is 12.1 Å². The molecule has 0 saturated heterocycles. The van der Waals surface area contributed by atoms with Crippen molar-refractivity contribution < 1.29 is 37.5 Å². The summed E-state index contributed by atoms with van der Waals surface area (Å²) in [5, 5.41) is 13.3. The van der Waals surface area contributed by atoms with Crippen LogP contribution in [0.5, 0.6) is 0 Å². The summed E-state index contributed by atoms with van der Waals surface area (Å²) >= 11 is -0.472. The summed E-state index contributed by atoms with van der Waals surface area (Å²) in [4.78, 5) is 24.5. The minimum atomic E-state index is -0.472. The van der Waals surface area contributed by atoms with Gasteiger partial charge in [-0.25, -0.2) is 0 Å². The molecule has 0 fully saturated rings. The number of hydrogen-bond acceptors (Lipinski definition) is 7. The minimum Gasteiger partial charge on any atom is 2.00 e. The van der Waals surface area contributed by atoms with Gasteiger partial charge in [0.25, 0.3) is 0 Å². The molecule has 21 aromatic rings. The Morgan fingerprint density at radius 1 is 0.280 bits per heavy atom. The average molecular weight is 2110 g/mol. The van der Waals surface area contributed by atoms with Gasteiger partial charge in [0.15, 0.2) is 0 Å². The summed E-state index contributed by atoms with van der Waals surface area (Å²) in [7, 11) is 9.75. The van der Waals surface area contributed by atoms with Crippen LogP contribution < -0.4 is 9.80 Å². The molecule has 0 unspecified atom stereocenters. The van der Waals surface area contributed by atoms with Crippen LogP contribution in [0.25, 0.3) is 145 Å². The van der Waals surface area contributed by atoms with Crippen LogP contribution in [-0.4, -0.2) is 29.1 Å². The summed E-state index contributed by atoms with van der Waals surface area (Å²) < 4.78 is 4.79. The number of nitriles is 1. The summed E-state index contributed by atoms with van der Waals surface area (Å²) in [5.74, 6) is 0. The van der Waals surface area contributed by atoms with E-state index in [1.807, 2.05) is 49.1 Å². The number of rotatable bonds is 16. The molecule has 6 heterocycles. The molecule has 21 rings (SSSR count). The van der Waals surface area contributed by atoms with E-state index in [4.69, 9.17) is 44.0 Å². The maximum absolute atomic E-state index is 8.29. The van der Waals surface area contributed by atoms with E-state index in [-0.39, 0.29) is 21.1 Å². The number of halogens is 2. The first-order chi connectivity index (χ1) is 64.2. The van der Waals surface area contributed by atoms with Gasteiger partial charge in [-0.3, -0.25) is 9.97 Å². The molecule has 0 aliphatic heterocycles. The van der Waals surface area contributed by atoms with Gasteiger partial charge in [-0.2, -0.15) is 5.26 Å². The third-order valence-corrected chi connectivity index (χ3v) is 24.1. The maximum atomic E-state index is 8.29. The van der Waals surface area contributed by atoms with Gasteiger partial charge in [-0.15, -0.1) is 59.7 Å². The summed E-state index contributed by atoms with van der Waals surface area (Å²) in [6.07, 6.45) is 7.91. The van der Waals surface area contributed by atoms with Crippen molar-refractivity contribution in [2.75, 3.05) is 9.80 Å². The van der Waals surface area contributed by atoms with E-state index < -0.39 is 16.5 Å². The molecule has 0 aliphatic rings. The monoisotopic (exact) mass is 2110 g/mol. The Hall–Kier alpha value is -14.5. The molecule has 0 N–H and O–H groups in total. The van der Waals surface area contributed by atoms with Gasteiger partial charge in [-0.1, -0.05) is 249 Å². The van der Waals surface area contributed by atoms with E-state index in [2.05, 4.69) is 438 Å². The van der Waals surface area contributed by atoms with Gasteiger partial charge in [-0.05, 0) is 264 Å². The molecule has 15 aromatic carbocycles. The normalized spacial score (nSPS) is 10.9. The van der Waals surface area contributed by atoms with Crippen molar-refractivity contribution >= 4 is 96.6 Å². The number of aromatic nitrogens is 6. The second kappa shape index (κ2) is 40.7. The van der Waals surface area contributed by atoms with Gasteiger partial charge in [0.05, 0.1) is 50.8 Å². The summed E-state index contributed by atoms with van der Waals surface area (Å²) in [5.41, 5.74) is 39.9. The molecule has 0 aliphatic carbocycles.